The van der Waals surface area contributed by atoms with Gasteiger partial charge in [-0.1, -0.05) is 24.9 Å². The number of benzene rings is 1. The van der Waals surface area contributed by atoms with Gasteiger partial charge in [-0.05, 0) is 38.5 Å². The van der Waals surface area contributed by atoms with Crippen LogP contribution in [-0.2, 0) is 0 Å². The van der Waals surface area contributed by atoms with E-state index in [0.29, 0.717) is 11.1 Å². The van der Waals surface area contributed by atoms with Crippen molar-refractivity contribution in [2.75, 3.05) is 11.9 Å². The molecular formula is C13H20ClNO. The summed E-state index contributed by atoms with van der Waals surface area (Å²) < 4.78 is 5.58. The molecule has 2 nitrogen and oxygen atoms in total. The Morgan fingerprint density at radius 1 is 1.38 bits per heavy atom. The third kappa shape index (κ3) is 4.31. The largest absolute Gasteiger partial charge is 0.492 e. The van der Waals surface area contributed by atoms with E-state index in [2.05, 4.69) is 26.1 Å². The van der Waals surface area contributed by atoms with Gasteiger partial charge in [-0.25, -0.2) is 0 Å². The van der Waals surface area contributed by atoms with E-state index in [0.717, 1.165) is 30.9 Å². The molecule has 1 aromatic rings. The summed E-state index contributed by atoms with van der Waals surface area (Å²) in [7, 11) is 0. The maximum Gasteiger partial charge on any atom is 0.138 e. The van der Waals surface area contributed by atoms with Crippen LogP contribution in [0, 0.1) is 0 Å². The minimum Gasteiger partial charge on any atom is -0.492 e. The van der Waals surface area contributed by atoms with Crippen molar-refractivity contribution in [3.63, 3.8) is 0 Å². The molecule has 16 heavy (non-hydrogen) atoms. The second-order valence-electron chi connectivity index (χ2n) is 4.15. The van der Waals surface area contributed by atoms with E-state index < -0.39 is 0 Å². The van der Waals surface area contributed by atoms with Gasteiger partial charge in [0.25, 0.3) is 0 Å². The normalized spacial score (nSPS) is 10.6. The van der Waals surface area contributed by atoms with E-state index in [1.807, 2.05) is 18.2 Å². The third-order valence-electron chi connectivity index (χ3n) is 2.14. The highest BCUT2D eigenvalue weighted by Gasteiger charge is 2.03. The molecule has 1 N–H and O–H groups in total. The van der Waals surface area contributed by atoms with Gasteiger partial charge in [0, 0.05) is 11.7 Å². The molecule has 0 heterocycles. The molecule has 0 unspecified atom stereocenters. The molecule has 0 radical (unpaired) electrons. The highest BCUT2D eigenvalue weighted by molar-refractivity contribution is 6.32. The number of unbranched alkanes of at least 4 members (excludes halogenated alkanes) is 1. The maximum atomic E-state index is 6.13. The molecular weight excluding hydrogens is 222 g/mol. The highest BCUT2D eigenvalue weighted by atomic mass is 35.5. The number of ether oxygens (including phenoxy) is 1. The van der Waals surface area contributed by atoms with Crippen LogP contribution in [-0.4, -0.2) is 12.6 Å². The lowest BCUT2D eigenvalue weighted by atomic mass is 10.2. The fraction of sp³-hybridized carbons (Fsp3) is 0.538. The number of hydrogen-bond donors (Lipinski definition) is 1. The van der Waals surface area contributed by atoms with Crippen LogP contribution >= 0.6 is 11.6 Å². The van der Waals surface area contributed by atoms with Gasteiger partial charge in [0.05, 0.1) is 11.6 Å². The summed E-state index contributed by atoms with van der Waals surface area (Å²) in [6, 6.07) is 6.22. The Labute approximate surface area is 103 Å². The second-order valence-corrected chi connectivity index (χ2v) is 4.55. The van der Waals surface area contributed by atoms with Crippen molar-refractivity contribution >= 4 is 17.3 Å². The molecule has 90 valence electrons. The highest BCUT2D eigenvalue weighted by Crippen LogP contribution is 2.28. The third-order valence-corrected chi connectivity index (χ3v) is 2.44. The second kappa shape index (κ2) is 6.64. The fourth-order valence-electron chi connectivity index (χ4n) is 1.37. The van der Waals surface area contributed by atoms with Crippen LogP contribution in [0.15, 0.2) is 18.2 Å². The molecule has 0 aliphatic heterocycles. The number of halogens is 1. The molecule has 0 amide bonds. The lowest BCUT2D eigenvalue weighted by molar-refractivity contribution is 0.309. The lowest BCUT2D eigenvalue weighted by Gasteiger charge is -2.12. The van der Waals surface area contributed by atoms with E-state index in [4.69, 9.17) is 16.3 Å². The summed E-state index contributed by atoms with van der Waals surface area (Å²) >= 11 is 6.13. The van der Waals surface area contributed by atoms with Crippen molar-refractivity contribution in [1.29, 1.82) is 0 Å². The molecule has 0 aliphatic carbocycles. The minimum absolute atomic E-state index is 0.405. The van der Waals surface area contributed by atoms with Gasteiger partial charge in [-0.3, -0.25) is 0 Å². The molecule has 0 spiro atoms. The van der Waals surface area contributed by atoms with Crippen molar-refractivity contribution in [3.05, 3.63) is 23.2 Å². The van der Waals surface area contributed by atoms with E-state index in [9.17, 15) is 0 Å². The summed E-state index contributed by atoms with van der Waals surface area (Å²) in [5, 5.41) is 3.97. The first-order valence-electron chi connectivity index (χ1n) is 5.82. The van der Waals surface area contributed by atoms with Crippen LogP contribution < -0.4 is 10.1 Å². The quantitative estimate of drug-likeness (QED) is 0.748. The molecule has 0 bridgehead atoms. The Morgan fingerprint density at radius 2 is 2.12 bits per heavy atom. The Morgan fingerprint density at radius 3 is 2.69 bits per heavy atom. The van der Waals surface area contributed by atoms with E-state index >= 15 is 0 Å². The van der Waals surface area contributed by atoms with E-state index in [1.165, 1.54) is 0 Å². The number of anilines is 1. The Kier molecular flexibility index (Phi) is 5.47. The monoisotopic (exact) mass is 241 g/mol. The van der Waals surface area contributed by atoms with Gasteiger partial charge >= 0.3 is 0 Å². The van der Waals surface area contributed by atoms with E-state index in [-0.39, 0.29) is 0 Å². The summed E-state index contributed by atoms with van der Waals surface area (Å²) in [6.07, 6.45) is 2.19. The van der Waals surface area contributed by atoms with Crippen LogP contribution in [0.4, 0.5) is 5.69 Å². The molecule has 0 aliphatic rings. The van der Waals surface area contributed by atoms with Crippen LogP contribution in [0.5, 0.6) is 5.75 Å². The Balaban J connectivity index is 2.60. The zero-order chi connectivity index (χ0) is 12.0. The van der Waals surface area contributed by atoms with Crippen LogP contribution in [0.1, 0.15) is 33.6 Å². The SMILES string of the molecule is CCCCOc1ccc(NC(C)C)cc1Cl. The molecule has 0 atom stereocenters. The van der Waals surface area contributed by atoms with Crippen molar-refractivity contribution in [3.8, 4) is 5.75 Å². The number of nitrogens with one attached hydrogen (secondary N) is 1. The fourth-order valence-corrected chi connectivity index (χ4v) is 1.60. The van der Waals surface area contributed by atoms with Gasteiger partial charge < -0.3 is 10.1 Å². The summed E-state index contributed by atoms with van der Waals surface area (Å²) in [4.78, 5) is 0. The topological polar surface area (TPSA) is 21.3 Å². The summed E-state index contributed by atoms with van der Waals surface area (Å²) in [5.41, 5.74) is 1.03. The zero-order valence-electron chi connectivity index (χ0n) is 10.2. The van der Waals surface area contributed by atoms with Crippen LogP contribution in [0.3, 0.4) is 0 Å². The van der Waals surface area contributed by atoms with Crippen molar-refractivity contribution < 1.29 is 4.74 Å². The first-order chi connectivity index (χ1) is 7.63. The molecule has 0 aromatic heterocycles. The van der Waals surface area contributed by atoms with Gasteiger partial charge in [0.2, 0.25) is 0 Å². The van der Waals surface area contributed by atoms with Gasteiger partial charge in [-0.2, -0.15) is 0 Å². The maximum absolute atomic E-state index is 6.13. The van der Waals surface area contributed by atoms with Crippen molar-refractivity contribution in [2.45, 2.75) is 39.7 Å². The average molecular weight is 242 g/mol. The number of hydrogen-bond acceptors (Lipinski definition) is 2. The minimum atomic E-state index is 0.405. The Hall–Kier alpha value is -0.890. The average Bonchev–Trinajstić information content (AvgIpc) is 2.20. The number of rotatable bonds is 6. The van der Waals surface area contributed by atoms with Gasteiger partial charge in [0.15, 0.2) is 0 Å². The van der Waals surface area contributed by atoms with E-state index in [1.54, 1.807) is 0 Å². The molecule has 1 rings (SSSR count). The zero-order valence-corrected chi connectivity index (χ0v) is 11.0. The molecule has 1 aromatic carbocycles. The first kappa shape index (κ1) is 13.2. The lowest BCUT2D eigenvalue weighted by Crippen LogP contribution is -2.09. The molecule has 3 heteroatoms. The smallest absolute Gasteiger partial charge is 0.138 e. The Bertz CT molecular complexity index is 326. The van der Waals surface area contributed by atoms with Crippen LogP contribution in [0.2, 0.25) is 5.02 Å². The predicted molar refractivity (Wildman–Crippen MR) is 70.6 cm³/mol. The van der Waals surface area contributed by atoms with Crippen LogP contribution in [0.25, 0.3) is 0 Å². The predicted octanol–water partition coefficient (Wildman–Crippen LogP) is 4.34. The molecule has 0 fully saturated rings. The molecule has 0 saturated heterocycles. The summed E-state index contributed by atoms with van der Waals surface area (Å²) in [6.45, 7) is 7.06. The standard InChI is InChI=1S/C13H20ClNO/c1-4-5-8-16-13-7-6-11(9-12(13)14)15-10(2)3/h6-7,9-10,15H,4-5,8H2,1-3H3. The van der Waals surface area contributed by atoms with Crippen molar-refractivity contribution in [2.24, 2.45) is 0 Å². The first-order valence-corrected chi connectivity index (χ1v) is 6.20. The van der Waals surface area contributed by atoms with Gasteiger partial charge in [-0.15, -0.1) is 0 Å². The molecule has 0 saturated carbocycles. The van der Waals surface area contributed by atoms with Crippen molar-refractivity contribution in [1.82, 2.24) is 0 Å². The van der Waals surface area contributed by atoms with Gasteiger partial charge in [0.1, 0.15) is 5.75 Å². The summed E-state index contributed by atoms with van der Waals surface area (Å²) in [5.74, 6) is 0.768.